The number of halogens is 1. The van der Waals surface area contributed by atoms with Crippen LogP contribution in [0.1, 0.15) is 27.7 Å². The summed E-state index contributed by atoms with van der Waals surface area (Å²) in [4.78, 5) is 39.3. The minimum atomic E-state index is -0.398. The number of rotatable bonds is 16. The van der Waals surface area contributed by atoms with E-state index in [4.69, 9.17) is 54.7 Å². The molecule has 0 N–H and O–H groups in total. The predicted octanol–water partition coefficient (Wildman–Crippen LogP) is 27.7. The second-order valence-electron chi connectivity index (χ2n) is 31.5. The minimum Gasteiger partial charge on any atom is -0.436 e. The minimum absolute atomic E-state index is 0.151. The van der Waals surface area contributed by atoms with Gasteiger partial charge in [-0.1, -0.05) is 285 Å². The lowest BCUT2D eigenvalue weighted by Crippen LogP contribution is -2.41. The van der Waals surface area contributed by atoms with E-state index in [0.717, 1.165) is 150 Å². The van der Waals surface area contributed by atoms with Crippen LogP contribution in [-0.4, -0.2) is 58.2 Å². The molecule has 5 heterocycles. The lowest BCUT2D eigenvalue weighted by molar-refractivity contribution is 0.00578. The summed E-state index contributed by atoms with van der Waals surface area (Å²) < 4.78 is 24.5. The molecule has 0 radical (unpaired) electrons. The molecule has 0 unspecified atom stereocenters. The maximum Gasteiger partial charge on any atom is 0.494 e. The van der Waals surface area contributed by atoms with Crippen LogP contribution in [0.5, 0.6) is 0 Å². The van der Waals surface area contributed by atoms with E-state index in [1.165, 1.54) is 0 Å². The normalized spacial score (nSPS) is 12.6. The van der Waals surface area contributed by atoms with Gasteiger partial charge in [0.05, 0.1) is 11.2 Å². The zero-order chi connectivity index (χ0) is 83.9. The largest absolute Gasteiger partial charge is 0.494 e. The average Bonchev–Trinajstić information content (AvgIpc) is 1.59. The first-order chi connectivity index (χ1) is 60.7. The van der Waals surface area contributed by atoms with Crippen LogP contribution < -0.4 is 5.46 Å². The van der Waals surface area contributed by atoms with Crippen molar-refractivity contribution in [2.24, 2.45) is 0 Å². The first-order valence-electron chi connectivity index (χ1n) is 41.3. The molecule has 20 aromatic rings. The fourth-order valence-corrected chi connectivity index (χ4v) is 15.5. The van der Waals surface area contributed by atoms with Gasteiger partial charge in [-0.05, 0) is 261 Å². The molecule has 0 atom stereocenters. The topological polar surface area (TPSA) is 148 Å². The molecular formula is C110H80BClN8O4. The number of oxazole rings is 2. The molecule has 1 aliphatic heterocycles. The number of hydrogen-bond acceptors (Lipinski definition) is 12. The van der Waals surface area contributed by atoms with E-state index in [9.17, 15) is 0 Å². The molecule has 0 spiro atoms. The summed E-state index contributed by atoms with van der Waals surface area (Å²) in [5.41, 5.74) is 26.9. The highest BCUT2D eigenvalue weighted by atomic mass is 35.5. The van der Waals surface area contributed by atoms with Gasteiger partial charge in [0.1, 0.15) is 11.0 Å². The number of aromatic nitrogens is 8. The van der Waals surface area contributed by atoms with Gasteiger partial charge in [-0.2, -0.15) is 9.97 Å². The molecular weight excluding hydrogens is 1540 g/mol. The fraction of sp³-hybridized carbons (Fsp3) is 0.0545. The summed E-state index contributed by atoms with van der Waals surface area (Å²) in [6, 6.07) is 141. The van der Waals surface area contributed by atoms with Gasteiger partial charge in [0.15, 0.2) is 40.3 Å². The molecule has 14 heteroatoms. The van der Waals surface area contributed by atoms with E-state index in [-0.39, 0.29) is 16.5 Å². The SMILES string of the molecule is CC1(C)OB(c2ccc3nc(-c4ccccc4)oc3c2)OC1(C)C.Clc1nc(-c2cc(-c3ccccc3)cc(-c3ccccc3)c2)nc(-c2cc(-c3ccccc3)cc(-c3ccccc3)c2)n1.c1ccc(-c2cc(-c3ccccc3)cc(-c3nc(-c4cc(-c5ccccc5)cc(-c5ccccc5)c4)nc(-c4ccc5nc(-c6ccccc6)oc5c4)n3)c2)cc1. The number of benzene rings is 16. The van der Waals surface area contributed by atoms with Gasteiger partial charge in [0.2, 0.25) is 17.1 Å². The quantitative estimate of drug-likeness (QED) is 0.0848. The van der Waals surface area contributed by atoms with Crippen LogP contribution in [0.15, 0.2) is 421 Å². The molecule has 0 bridgehead atoms. The molecule has 21 rings (SSSR count). The summed E-state index contributed by atoms with van der Waals surface area (Å²) in [5.74, 6) is 3.91. The highest BCUT2D eigenvalue weighted by Gasteiger charge is 2.52. The average molecular weight is 1620 g/mol. The molecule has 0 amide bonds. The molecule has 0 saturated carbocycles. The third-order valence-corrected chi connectivity index (χ3v) is 22.7. The molecule has 1 saturated heterocycles. The van der Waals surface area contributed by atoms with Crippen molar-refractivity contribution in [3.63, 3.8) is 0 Å². The first kappa shape index (κ1) is 78.6. The molecule has 0 aliphatic carbocycles. The fourth-order valence-electron chi connectivity index (χ4n) is 15.3. The van der Waals surface area contributed by atoms with Crippen molar-refractivity contribution in [1.29, 1.82) is 0 Å². The highest BCUT2D eigenvalue weighted by Crippen LogP contribution is 2.42. The standard InChI is InChI=1S/C52H34N4O.C39H26ClN3.C19H20BNO3/c1-6-16-35(17-7-1)41-28-42(36-18-8-2-9-19-36)31-45(30-41)50-54-49(40-26-27-47-48(34-40)57-52(53-47)39-24-14-5-15-25-39)55-51(56-50)46-32-43(37-20-10-3-11-21-37)29-44(33-46)38-22-12-4-13-23-38;40-39-42-37(35-23-31(27-13-5-1-6-14-27)21-32(24-35)28-15-7-2-8-16-28)41-38(43-39)36-25-33(29-17-9-3-10-18-29)22-34(26-36)30-19-11-4-12-20-30;1-18(2)19(3,4)24-20(23-18)14-10-11-15-16(12-14)22-17(21-15)13-8-6-5-7-9-13/h1-34H;1-26H;5-12H,1-4H3. The molecule has 4 aromatic heterocycles. The van der Waals surface area contributed by atoms with Gasteiger partial charge in [0, 0.05) is 38.9 Å². The van der Waals surface area contributed by atoms with Crippen LogP contribution in [0.4, 0.5) is 0 Å². The molecule has 1 aliphatic rings. The van der Waals surface area contributed by atoms with Crippen LogP contribution in [-0.2, 0) is 9.31 Å². The number of nitrogens with zero attached hydrogens (tertiary/aromatic N) is 8. The Hall–Kier alpha value is -15.2. The third-order valence-electron chi connectivity index (χ3n) is 22.5. The van der Waals surface area contributed by atoms with E-state index < -0.39 is 7.12 Å². The third kappa shape index (κ3) is 17.4. The lowest BCUT2D eigenvalue weighted by atomic mass is 9.79. The summed E-state index contributed by atoms with van der Waals surface area (Å²) in [7, 11) is -0.398. The summed E-state index contributed by atoms with van der Waals surface area (Å²) in [6.07, 6.45) is 0. The van der Waals surface area contributed by atoms with Crippen LogP contribution in [0.3, 0.4) is 0 Å². The van der Waals surface area contributed by atoms with Crippen molar-refractivity contribution in [1.82, 2.24) is 39.9 Å². The second-order valence-corrected chi connectivity index (χ2v) is 31.8. The Kier molecular flexibility index (Phi) is 22.1. The Balaban J connectivity index is 0.000000132. The van der Waals surface area contributed by atoms with Gasteiger partial charge in [-0.25, -0.2) is 29.9 Å². The summed E-state index contributed by atoms with van der Waals surface area (Å²) >= 11 is 6.61. The van der Waals surface area contributed by atoms with Gasteiger partial charge in [-0.15, -0.1) is 0 Å². The van der Waals surface area contributed by atoms with Gasteiger partial charge < -0.3 is 18.1 Å². The van der Waals surface area contributed by atoms with Crippen molar-refractivity contribution >= 4 is 46.4 Å². The maximum atomic E-state index is 6.61. The summed E-state index contributed by atoms with van der Waals surface area (Å²) in [5, 5.41) is 0.151. The van der Waals surface area contributed by atoms with Crippen molar-refractivity contribution in [2.45, 2.75) is 38.9 Å². The van der Waals surface area contributed by atoms with Crippen molar-refractivity contribution in [3.05, 3.63) is 418 Å². The Bertz CT molecular complexity index is 6630. The Morgan fingerprint density at radius 1 is 0.202 bits per heavy atom. The van der Waals surface area contributed by atoms with E-state index >= 15 is 0 Å². The van der Waals surface area contributed by atoms with Crippen LogP contribution in [0.2, 0.25) is 5.28 Å². The molecule has 16 aromatic carbocycles. The van der Waals surface area contributed by atoms with E-state index in [2.05, 4.69) is 233 Å². The lowest BCUT2D eigenvalue weighted by Gasteiger charge is -2.32. The predicted molar refractivity (Wildman–Crippen MR) is 503 cm³/mol. The Morgan fingerprint density at radius 2 is 0.419 bits per heavy atom. The molecule has 124 heavy (non-hydrogen) atoms. The van der Waals surface area contributed by atoms with Crippen LogP contribution in [0.25, 0.3) is 191 Å². The van der Waals surface area contributed by atoms with Crippen molar-refractivity contribution in [3.8, 4) is 169 Å². The van der Waals surface area contributed by atoms with Gasteiger partial charge in [0.25, 0.3) is 0 Å². The smallest absolute Gasteiger partial charge is 0.436 e. The Labute approximate surface area is 725 Å². The second kappa shape index (κ2) is 34.8. The van der Waals surface area contributed by atoms with Gasteiger partial charge in [-0.3, -0.25) is 0 Å². The monoisotopic (exact) mass is 1620 g/mol. The first-order valence-corrected chi connectivity index (χ1v) is 41.6. The molecule has 594 valence electrons. The zero-order valence-corrected chi connectivity index (χ0v) is 69.2. The van der Waals surface area contributed by atoms with E-state index in [1.54, 1.807) is 0 Å². The Morgan fingerprint density at radius 3 is 0.685 bits per heavy atom. The highest BCUT2D eigenvalue weighted by molar-refractivity contribution is 6.62. The van der Waals surface area contributed by atoms with Gasteiger partial charge >= 0.3 is 7.12 Å². The summed E-state index contributed by atoms with van der Waals surface area (Å²) in [6.45, 7) is 8.20. The maximum absolute atomic E-state index is 6.61. The van der Waals surface area contributed by atoms with Crippen molar-refractivity contribution in [2.75, 3.05) is 0 Å². The van der Waals surface area contributed by atoms with E-state index in [0.29, 0.717) is 46.5 Å². The van der Waals surface area contributed by atoms with E-state index in [1.807, 2.05) is 222 Å². The molecule has 1 fully saturated rings. The zero-order valence-electron chi connectivity index (χ0n) is 68.4. The number of hydrogen-bond donors (Lipinski definition) is 0. The molecule has 12 nitrogen and oxygen atoms in total. The van der Waals surface area contributed by atoms with Crippen LogP contribution >= 0.6 is 11.6 Å². The van der Waals surface area contributed by atoms with Crippen LogP contribution in [0, 0.1) is 0 Å². The van der Waals surface area contributed by atoms with Crippen molar-refractivity contribution < 1.29 is 18.1 Å². The number of fused-ring (bicyclic) bond motifs is 2.